The Kier molecular flexibility index (Phi) is 2.57. The van der Waals surface area contributed by atoms with Crippen LogP contribution in [0.4, 0.5) is 5.82 Å². The van der Waals surface area contributed by atoms with Crippen LogP contribution in [0.5, 0.6) is 0 Å². The van der Waals surface area contributed by atoms with Crippen molar-refractivity contribution in [1.29, 1.82) is 5.26 Å². The summed E-state index contributed by atoms with van der Waals surface area (Å²) in [6.07, 6.45) is 0.509. The SMILES string of the molecule is Cc1cc(C#N)cc(N2CC[C@H](O)C2)n1. The number of aryl methyl sites for hydroxylation is 1. The van der Waals surface area contributed by atoms with Crippen molar-refractivity contribution in [3.8, 4) is 6.07 Å². The van der Waals surface area contributed by atoms with Crippen molar-refractivity contribution < 1.29 is 5.11 Å². The highest BCUT2D eigenvalue weighted by atomic mass is 16.3. The first-order chi connectivity index (χ1) is 7.19. The van der Waals surface area contributed by atoms with Gasteiger partial charge in [-0.2, -0.15) is 5.26 Å². The van der Waals surface area contributed by atoms with Gasteiger partial charge < -0.3 is 10.0 Å². The van der Waals surface area contributed by atoms with E-state index in [9.17, 15) is 5.11 Å². The Bertz CT molecular complexity index is 411. The molecule has 2 heterocycles. The Morgan fingerprint density at radius 3 is 3.00 bits per heavy atom. The van der Waals surface area contributed by atoms with Crippen LogP contribution < -0.4 is 4.90 Å². The zero-order valence-electron chi connectivity index (χ0n) is 8.64. The number of pyridine rings is 1. The van der Waals surface area contributed by atoms with E-state index >= 15 is 0 Å². The van der Waals surface area contributed by atoms with Crippen LogP contribution in [0, 0.1) is 18.3 Å². The molecule has 1 aromatic rings. The molecule has 15 heavy (non-hydrogen) atoms. The molecule has 1 aromatic heterocycles. The minimum absolute atomic E-state index is 0.266. The van der Waals surface area contributed by atoms with Gasteiger partial charge in [0.1, 0.15) is 5.82 Å². The quantitative estimate of drug-likeness (QED) is 0.734. The van der Waals surface area contributed by atoms with Crippen molar-refractivity contribution in [3.63, 3.8) is 0 Å². The lowest BCUT2D eigenvalue weighted by Gasteiger charge is -2.17. The van der Waals surface area contributed by atoms with E-state index in [1.165, 1.54) is 0 Å². The van der Waals surface area contributed by atoms with Crippen LogP contribution in [-0.4, -0.2) is 29.3 Å². The molecular weight excluding hydrogens is 190 g/mol. The highest BCUT2D eigenvalue weighted by molar-refractivity contribution is 5.47. The van der Waals surface area contributed by atoms with Crippen molar-refractivity contribution in [2.45, 2.75) is 19.4 Å². The molecular formula is C11H13N3O. The fraction of sp³-hybridized carbons (Fsp3) is 0.455. The van der Waals surface area contributed by atoms with Crippen LogP contribution in [0.1, 0.15) is 17.7 Å². The van der Waals surface area contributed by atoms with Gasteiger partial charge in [-0.1, -0.05) is 0 Å². The molecule has 0 bridgehead atoms. The van der Waals surface area contributed by atoms with Gasteiger partial charge in [-0.05, 0) is 25.5 Å². The van der Waals surface area contributed by atoms with E-state index in [4.69, 9.17) is 5.26 Å². The second-order valence-electron chi connectivity index (χ2n) is 3.86. The number of aliphatic hydroxyl groups is 1. The van der Waals surface area contributed by atoms with E-state index in [0.29, 0.717) is 12.1 Å². The Morgan fingerprint density at radius 1 is 1.60 bits per heavy atom. The summed E-state index contributed by atoms with van der Waals surface area (Å²) >= 11 is 0. The van der Waals surface area contributed by atoms with Crippen molar-refractivity contribution in [2.75, 3.05) is 18.0 Å². The molecule has 4 nitrogen and oxygen atoms in total. The third-order valence-electron chi connectivity index (χ3n) is 2.56. The average molecular weight is 203 g/mol. The van der Waals surface area contributed by atoms with E-state index in [1.807, 2.05) is 11.8 Å². The number of hydrogen-bond acceptors (Lipinski definition) is 4. The zero-order chi connectivity index (χ0) is 10.8. The summed E-state index contributed by atoms with van der Waals surface area (Å²) in [5.74, 6) is 0.795. The molecule has 0 amide bonds. The summed E-state index contributed by atoms with van der Waals surface area (Å²) in [6, 6.07) is 5.64. The van der Waals surface area contributed by atoms with E-state index in [0.717, 1.165) is 24.5 Å². The van der Waals surface area contributed by atoms with Crippen LogP contribution in [0.15, 0.2) is 12.1 Å². The molecule has 0 saturated carbocycles. The van der Waals surface area contributed by atoms with Gasteiger partial charge in [-0.3, -0.25) is 0 Å². The highest BCUT2D eigenvalue weighted by Gasteiger charge is 2.21. The molecule has 0 radical (unpaired) electrons. The smallest absolute Gasteiger partial charge is 0.130 e. The van der Waals surface area contributed by atoms with Gasteiger partial charge in [-0.15, -0.1) is 0 Å². The molecule has 1 aliphatic rings. The molecule has 1 fully saturated rings. The van der Waals surface area contributed by atoms with E-state index in [1.54, 1.807) is 12.1 Å². The normalized spacial score (nSPS) is 20.3. The number of nitriles is 1. The lowest BCUT2D eigenvalue weighted by molar-refractivity contribution is 0.198. The fourth-order valence-corrected chi connectivity index (χ4v) is 1.83. The van der Waals surface area contributed by atoms with Gasteiger partial charge in [-0.25, -0.2) is 4.98 Å². The predicted octanol–water partition coefficient (Wildman–Crippen LogP) is 0.833. The Morgan fingerprint density at radius 2 is 2.40 bits per heavy atom. The third-order valence-corrected chi connectivity index (χ3v) is 2.56. The number of hydrogen-bond donors (Lipinski definition) is 1. The molecule has 78 valence electrons. The summed E-state index contributed by atoms with van der Waals surface area (Å²) in [5.41, 5.74) is 1.46. The monoisotopic (exact) mass is 203 g/mol. The number of β-amino-alcohol motifs (C(OH)–C–C–N with tert-alkyl or cyclic N) is 1. The summed E-state index contributed by atoms with van der Waals surface area (Å²) in [6.45, 7) is 3.29. The molecule has 1 N–H and O–H groups in total. The Labute approximate surface area is 88.8 Å². The van der Waals surface area contributed by atoms with Crippen LogP contribution in [-0.2, 0) is 0 Å². The van der Waals surface area contributed by atoms with Gasteiger partial charge in [0.25, 0.3) is 0 Å². The molecule has 1 atom stereocenters. The number of rotatable bonds is 1. The van der Waals surface area contributed by atoms with E-state index in [2.05, 4.69) is 11.1 Å². The summed E-state index contributed by atoms with van der Waals surface area (Å²) in [7, 11) is 0. The number of aliphatic hydroxyl groups excluding tert-OH is 1. The van der Waals surface area contributed by atoms with Crippen molar-refractivity contribution in [3.05, 3.63) is 23.4 Å². The molecule has 0 aromatic carbocycles. The summed E-state index contributed by atoms with van der Waals surface area (Å²) in [5, 5.41) is 18.3. The lowest BCUT2D eigenvalue weighted by atomic mass is 10.2. The highest BCUT2D eigenvalue weighted by Crippen LogP contribution is 2.19. The van der Waals surface area contributed by atoms with E-state index < -0.39 is 0 Å². The van der Waals surface area contributed by atoms with E-state index in [-0.39, 0.29) is 6.10 Å². The lowest BCUT2D eigenvalue weighted by Crippen LogP contribution is -2.22. The first-order valence-corrected chi connectivity index (χ1v) is 5.01. The van der Waals surface area contributed by atoms with Crippen molar-refractivity contribution >= 4 is 5.82 Å². The Balaban J connectivity index is 2.29. The molecule has 0 aliphatic carbocycles. The maximum atomic E-state index is 9.42. The van der Waals surface area contributed by atoms with Crippen LogP contribution >= 0.6 is 0 Å². The third kappa shape index (κ3) is 2.08. The molecule has 1 saturated heterocycles. The van der Waals surface area contributed by atoms with Gasteiger partial charge in [0.2, 0.25) is 0 Å². The average Bonchev–Trinajstić information content (AvgIpc) is 2.64. The Hall–Kier alpha value is -1.60. The standard InChI is InChI=1S/C11H13N3O/c1-8-4-9(6-12)5-11(13-8)14-3-2-10(15)7-14/h4-5,10,15H,2-3,7H2,1H3/t10-/m0/s1. The summed E-state index contributed by atoms with van der Waals surface area (Å²) < 4.78 is 0. The molecule has 1 aliphatic heterocycles. The van der Waals surface area contributed by atoms with Crippen molar-refractivity contribution in [2.24, 2.45) is 0 Å². The molecule has 4 heteroatoms. The maximum Gasteiger partial charge on any atom is 0.130 e. The largest absolute Gasteiger partial charge is 0.391 e. The minimum atomic E-state index is -0.266. The van der Waals surface area contributed by atoms with Crippen LogP contribution in [0.3, 0.4) is 0 Å². The van der Waals surface area contributed by atoms with Crippen LogP contribution in [0.2, 0.25) is 0 Å². The molecule has 0 unspecified atom stereocenters. The van der Waals surface area contributed by atoms with Gasteiger partial charge in [0, 0.05) is 18.8 Å². The first kappa shape index (κ1) is 9.94. The number of aromatic nitrogens is 1. The second kappa shape index (κ2) is 3.87. The number of anilines is 1. The first-order valence-electron chi connectivity index (χ1n) is 5.01. The zero-order valence-corrected chi connectivity index (χ0v) is 8.64. The van der Waals surface area contributed by atoms with Gasteiger partial charge in [0.05, 0.1) is 17.7 Å². The fourth-order valence-electron chi connectivity index (χ4n) is 1.83. The summed E-state index contributed by atoms with van der Waals surface area (Å²) in [4.78, 5) is 6.37. The topological polar surface area (TPSA) is 60.2 Å². The molecule has 0 spiro atoms. The maximum absolute atomic E-state index is 9.42. The number of nitrogens with zero attached hydrogens (tertiary/aromatic N) is 3. The van der Waals surface area contributed by atoms with Crippen LogP contribution in [0.25, 0.3) is 0 Å². The van der Waals surface area contributed by atoms with Gasteiger partial charge >= 0.3 is 0 Å². The predicted molar refractivity (Wildman–Crippen MR) is 56.5 cm³/mol. The van der Waals surface area contributed by atoms with Gasteiger partial charge in [0.15, 0.2) is 0 Å². The van der Waals surface area contributed by atoms with Crippen molar-refractivity contribution in [1.82, 2.24) is 4.98 Å². The second-order valence-corrected chi connectivity index (χ2v) is 3.86. The minimum Gasteiger partial charge on any atom is -0.391 e. The molecule has 2 rings (SSSR count).